The summed E-state index contributed by atoms with van der Waals surface area (Å²) in [6.45, 7) is 7.63. The first-order valence-electron chi connectivity index (χ1n) is 7.59. The maximum atomic E-state index is 5.52. The van der Waals surface area contributed by atoms with Crippen molar-refractivity contribution in [1.29, 1.82) is 0 Å². The second kappa shape index (κ2) is 8.28. The molecule has 3 heteroatoms. The summed E-state index contributed by atoms with van der Waals surface area (Å²) in [5.41, 5.74) is 2.51. The Morgan fingerprint density at radius 1 is 1.25 bits per heavy atom. The first-order chi connectivity index (χ1) is 9.57. The van der Waals surface area contributed by atoms with Gasteiger partial charge < -0.3 is 15.0 Å². The molecular weight excluding hydrogens is 248 g/mol. The molecule has 0 amide bonds. The van der Waals surface area contributed by atoms with Crippen LogP contribution in [0.5, 0.6) is 5.75 Å². The lowest BCUT2D eigenvalue weighted by Gasteiger charge is -2.31. The Morgan fingerprint density at radius 3 is 2.40 bits per heavy atom. The van der Waals surface area contributed by atoms with Gasteiger partial charge >= 0.3 is 0 Å². The first-order valence-corrected chi connectivity index (χ1v) is 7.59. The second-order valence-electron chi connectivity index (χ2n) is 5.50. The number of methoxy groups -OCH3 is 1. The summed E-state index contributed by atoms with van der Waals surface area (Å²) in [7, 11) is 5.98. The van der Waals surface area contributed by atoms with Crippen molar-refractivity contribution in [3.05, 3.63) is 29.3 Å². The number of rotatable bonds is 8. The van der Waals surface area contributed by atoms with Crippen molar-refractivity contribution in [1.82, 2.24) is 10.2 Å². The molecule has 1 aromatic rings. The zero-order valence-electron chi connectivity index (χ0n) is 13.9. The maximum Gasteiger partial charge on any atom is 0.123 e. The Bertz CT molecular complexity index is 402. The highest BCUT2D eigenvalue weighted by atomic mass is 16.5. The molecule has 0 fully saturated rings. The molecule has 1 aromatic carbocycles. The van der Waals surface area contributed by atoms with Crippen molar-refractivity contribution in [2.75, 3.05) is 27.7 Å². The normalized spacial score (nSPS) is 13.0. The van der Waals surface area contributed by atoms with Crippen LogP contribution < -0.4 is 10.1 Å². The van der Waals surface area contributed by atoms with Gasteiger partial charge in [-0.05, 0) is 39.9 Å². The highest BCUT2D eigenvalue weighted by Crippen LogP contribution is 2.27. The zero-order chi connectivity index (χ0) is 15.1. The quantitative estimate of drug-likeness (QED) is 0.789. The largest absolute Gasteiger partial charge is 0.496 e. The molecule has 0 aliphatic carbocycles. The Hall–Kier alpha value is -1.06. The van der Waals surface area contributed by atoms with Gasteiger partial charge in [-0.25, -0.2) is 0 Å². The highest BCUT2D eigenvalue weighted by molar-refractivity contribution is 5.39. The number of ether oxygens (including phenoxy) is 1. The molecule has 20 heavy (non-hydrogen) atoms. The number of hydrogen-bond acceptors (Lipinski definition) is 3. The minimum atomic E-state index is 0.287. The summed E-state index contributed by atoms with van der Waals surface area (Å²) in [5.74, 6) is 0.966. The van der Waals surface area contributed by atoms with Crippen molar-refractivity contribution < 1.29 is 4.74 Å². The minimum absolute atomic E-state index is 0.287. The summed E-state index contributed by atoms with van der Waals surface area (Å²) in [6.07, 6.45) is 2.38. The van der Waals surface area contributed by atoms with Gasteiger partial charge in [0.05, 0.1) is 7.11 Å². The van der Waals surface area contributed by atoms with Crippen LogP contribution in [0.1, 0.15) is 43.9 Å². The number of nitrogens with one attached hydrogen (secondary N) is 1. The Balaban J connectivity index is 2.93. The number of hydrogen-bond donors (Lipinski definition) is 1. The molecule has 1 atom stereocenters. The zero-order valence-corrected chi connectivity index (χ0v) is 13.9. The summed E-state index contributed by atoms with van der Waals surface area (Å²) in [5, 5.41) is 3.43. The van der Waals surface area contributed by atoms with Crippen LogP contribution in [0.25, 0.3) is 0 Å². The van der Waals surface area contributed by atoms with Gasteiger partial charge in [0.15, 0.2) is 0 Å². The topological polar surface area (TPSA) is 24.5 Å². The molecule has 0 saturated heterocycles. The van der Waals surface area contributed by atoms with E-state index in [0.717, 1.165) is 12.3 Å². The fourth-order valence-corrected chi connectivity index (χ4v) is 2.82. The minimum Gasteiger partial charge on any atom is -0.496 e. The van der Waals surface area contributed by atoms with Crippen LogP contribution in [0.15, 0.2) is 18.2 Å². The van der Waals surface area contributed by atoms with Crippen molar-refractivity contribution in [3.63, 3.8) is 0 Å². The molecule has 0 aliphatic rings. The van der Waals surface area contributed by atoms with E-state index in [1.807, 2.05) is 7.05 Å². The second-order valence-corrected chi connectivity index (χ2v) is 5.50. The van der Waals surface area contributed by atoms with E-state index in [1.54, 1.807) is 7.11 Å². The van der Waals surface area contributed by atoms with Gasteiger partial charge in [0.2, 0.25) is 0 Å². The molecule has 0 spiro atoms. The van der Waals surface area contributed by atoms with E-state index in [0.29, 0.717) is 6.04 Å². The van der Waals surface area contributed by atoms with Crippen LogP contribution in [0.3, 0.4) is 0 Å². The molecule has 0 bridgehead atoms. The van der Waals surface area contributed by atoms with Crippen LogP contribution in [0.2, 0.25) is 0 Å². The third kappa shape index (κ3) is 4.22. The lowest BCUT2D eigenvalue weighted by Crippen LogP contribution is -2.37. The standard InChI is InChI=1S/C17H30N2O/c1-7-14(8-2)19(5)12-16(18-4)15-11-13(3)9-10-17(15)20-6/h9-11,14,16,18H,7-8,12H2,1-6H3. The number of benzene rings is 1. The molecule has 1 rings (SSSR count). The first kappa shape index (κ1) is 17.0. The molecule has 0 aliphatic heterocycles. The number of likely N-dealkylation sites (N-methyl/N-ethyl adjacent to an activating group) is 2. The monoisotopic (exact) mass is 278 g/mol. The van der Waals surface area contributed by atoms with Gasteiger partial charge in [0.1, 0.15) is 5.75 Å². The van der Waals surface area contributed by atoms with Crippen molar-refractivity contribution in [2.24, 2.45) is 0 Å². The van der Waals surface area contributed by atoms with E-state index >= 15 is 0 Å². The van der Waals surface area contributed by atoms with Crippen molar-refractivity contribution in [2.45, 2.75) is 45.7 Å². The average Bonchev–Trinajstić information content (AvgIpc) is 2.46. The highest BCUT2D eigenvalue weighted by Gasteiger charge is 2.19. The van der Waals surface area contributed by atoms with E-state index in [1.165, 1.54) is 24.0 Å². The lowest BCUT2D eigenvalue weighted by molar-refractivity contribution is 0.207. The molecule has 1 unspecified atom stereocenters. The van der Waals surface area contributed by atoms with Crippen LogP contribution in [0.4, 0.5) is 0 Å². The fourth-order valence-electron chi connectivity index (χ4n) is 2.82. The van der Waals surface area contributed by atoms with Gasteiger partial charge in [0.25, 0.3) is 0 Å². The predicted molar refractivity (Wildman–Crippen MR) is 86.5 cm³/mol. The summed E-state index contributed by atoms with van der Waals surface area (Å²) in [4.78, 5) is 2.45. The molecule has 0 radical (unpaired) electrons. The van der Waals surface area contributed by atoms with Crippen LogP contribution in [-0.4, -0.2) is 38.7 Å². The smallest absolute Gasteiger partial charge is 0.123 e. The van der Waals surface area contributed by atoms with Crippen molar-refractivity contribution >= 4 is 0 Å². The average molecular weight is 278 g/mol. The van der Waals surface area contributed by atoms with E-state index in [-0.39, 0.29) is 6.04 Å². The van der Waals surface area contributed by atoms with Gasteiger partial charge in [-0.15, -0.1) is 0 Å². The van der Waals surface area contributed by atoms with Crippen LogP contribution >= 0.6 is 0 Å². The van der Waals surface area contributed by atoms with E-state index < -0.39 is 0 Å². The van der Waals surface area contributed by atoms with Crippen LogP contribution in [-0.2, 0) is 0 Å². The Morgan fingerprint density at radius 2 is 1.90 bits per heavy atom. The predicted octanol–water partition coefficient (Wildman–Crippen LogP) is 3.38. The fraction of sp³-hybridized carbons (Fsp3) is 0.647. The lowest BCUT2D eigenvalue weighted by atomic mass is 10.0. The number of nitrogens with zero attached hydrogens (tertiary/aromatic N) is 1. The summed E-state index contributed by atoms with van der Waals surface area (Å²) in [6, 6.07) is 7.31. The van der Waals surface area contributed by atoms with Gasteiger partial charge in [-0.2, -0.15) is 0 Å². The van der Waals surface area contributed by atoms with E-state index in [2.05, 4.69) is 56.2 Å². The Kier molecular flexibility index (Phi) is 7.03. The van der Waals surface area contributed by atoms with E-state index in [4.69, 9.17) is 4.74 Å². The maximum absolute atomic E-state index is 5.52. The SMILES string of the molecule is CCC(CC)N(C)CC(NC)c1cc(C)ccc1OC. The number of aryl methyl sites for hydroxylation is 1. The van der Waals surface area contributed by atoms with E-state index in [9.17, 15) is 0 Å². The third-order valence-electron chi connectivity index (χ3n) is 4.15. The summed E-state index contributed by atoms with van der Waals surface area (Å²) < 4.78 is 5.52. The Labute approximate surface area is 124 Å². The molecule has 3 nitrogen and oxygen atoms in total. The van der Waals surface area contributed by atoms with Gasteiger partial charge in [-0.1, -0.05) is 31.5 Å². The van der Waals surface area contributed by atoms with Gasteiger partial charge in [-0.3, -0.25) is 0 Å². The molecule has 114 valence electrons. The molecule has 0 heterocycles. The molecule has 0 saturated carbocycles. The summed E-state index contributed by atoms with van der Waals surface area (Å²) >= 11 is 0. The molecular formula is C17H30N2O. The molecule has 1 N–H and O–H groups in total. The molecule has 0 aromatic heterocycles. The van der Waals surface area contributed by atoms with Gasteiger partial charge in [0, 0.05) is 24.2 Å². The van der Waals surface area contributed by atoms with Crippen molar-refractivity contribution in [3.8, 4) is 5.75 Å². The third-order valence-corrected chi connectivity index (χ3v) is 4.15. The van der Waals surface area contributed by atoms with Crippen LogP contribution in [0, 0.1) is 6.92 Å².